The van der Waals surface area contributed by atoms with Gasteiger partial charge in [-0.15, -0.1) is 0 Å². The Labute approximate surface area is 146 Å². The number of carbonyl (C=O) groups is 1. The molecule has 0 spiro atoms. The summed E-state index contributed by atoms with van der Waals surface area (Å²) in [6, 6.07) is 10.6. The van der Waals surface area contributed by atoms with E-state index in [2.05, 4.69) is 48.3 Å². The first-order valence-corrected chi connectivity index (χ1v) is 9.35. The van der Waals surface area contributed by atoms with Crippen molar-refractivity contribution < 1.29 is 4.79 Å². The Balaban J connectivity index is 2.06. The van der Waals surface area contributed by atoms with Crippen LogP contribution in [-0.2, 0) is 4.79 Å². The Morgan fingerprint density at radius 1 is 1.29 bits per heavy atom. The molecule has 1 saturated carbocycles. The van der Waals surface area contributed by atoms with Crippen molar-refractivity contribution >= 4 is 5.91 Å². The van der Waals surface area contributed by atoms with Gasteiger partial charge >= 0.3 is 0 Å². The number of amides is 1. The molecule has 0 radical (unpaired) electrons. The molecule has 3 atom stereocenters. The van der Waals surface area contributed by atoms with Crippen molar-refractivity contribution in [1.29, 1.82) is 0 Å². The number of nitrogens with one attached hydrogen (secondary N) is 1. The molecule has 0 bridgehead atoms. The molecule has 3 unspecified atom stereocenters. The maximum Gasteiger partial charge on any atom is 0.225 e. The molecule has 0 saturated heterocycles. The van der Waals surface area contributed by atoms with E-state index in [9.17, 15) is 4.79 Å². The molecule has 0 heterocycles. The highest BCUT2D eigenvalue weighted by Crippen LogP contribution is 2.31. The zero-order chi connectivity index (χ0) is 17.6. The van der Waals surface area contributed by atoms with Crippen LogP contribution in [0.3, 0.4) is 0 Å². The molecule has 4 nitrogen and oxygen atoms in total. The number of benzene rings is 1. The van der Waals surface area contributed by atoms with E-state index in [0.29, 0.717) is 6.54 Å². The molecule has 24 heavy (non-hydrogen) atoms. The molecule has 1 amide bonds. The lowest BCUT2D eigenvalue weighted by molar-refractivity contribution is -0.128. The maximum atomic E-state index is 12.7. The number of likely N-dealkylation sites (N-methyl/N-ethyl adjacent to an activating group) is 1. The highest BCUT2D eigenvalue weighted by molar-refractivity contribution is 5.80. The van der Waals surface area contributed by atoms with Gasteiger partial charge in [-0.3, -0.25) is 9.69 Å². The molecule has 1 aromatic carbocycles. The van der Waals surface area contributed by atoms with E-state index in [-0.39, 0.29) is 23.4 Å². The standard InChI is InChI=1S/C20H33N3O/c1-4-23(5-2)18(16-11-7-6-8-12-16)15-22-19(24)17-13-9-10-14-20(17,3)21/h6-8,11-12,17-18H,4-5,9-10,13-15,21H2,1-3H3,(H,22,24). The van der Waals surface area contributed by atoms with E-state index in [0.717, 1.165) is 38.8 Å². The zero-order valence-corrected chi connectivity index (χ0v) is 15.4. The van der Waals surface area contributed by atoms with Crippen molar-refractivity contribution in [2.45, 2.75) is 58.0 Å². The first kappa shape index (κ1) is 18.9. The first-order chi connectivity index (χ1) is 11.5. The van der Waals surface area contributed by atoms with Crippen LogP contribution < -0.4 is 11.1 Å². The van der Waals surface area contributed by atoms with Gasteiger partial charge in [-0.05, 0) is 38.4 Å². The first-order valence-electron chi connectivity index (χ1n) is 9.35. The summed E-state index contributed by atoms with van der Waals surface area (Å²) in [5.74, 6) is 0.0483. The minimum atomic E-state index is -0.375. The Morgan fingerprint density at radius 3 is 2.54 bits per heavy atom. The van der Waals surface area contributed by atoms with Crippen molar-refractivity contribution in [3.05, 3.63) is 35.9 Å². The van der Waals surface area contributed by atoms with Gasteiger partial charge in [0.1, 0.15) is 0 Å². The van der Waals surface area contributed by atoms with Crippen molar-refractivity contribution in [1.82, 2.24) is 10.2 Å². The average Bonchev–Trinajstić information content (AvgIpc) is 2.58. The summed E-state index contributed by atoms with van der Waals surface area (Å²) in [5, 5.41) is 3.20. The molecule has 4 heteroatoms. The minimum absolute atomic E-state index is 0.0700. The van der Waals surface area contributed by atoms with Crippen LogP contribution in [0, 0.1) is 5.92 Å². The molecule has 1 fully saturated rings. The lowest BCUT2D eigenvalue weighted by Gasteiger charge is -2.38. The number of nitrogens with zero attached hydrogens (tertiary/aromatic N) is 1. The van der Waals surface area contributed by atoms with Crippen LogP contribution in [0.25, 0.3) is 0 Å². The van der Waals surface area contributed by atoms with Crippen molar-refractivity contribution in [2.75, 3.05) is 19.6 Å². The normalized spacial score (nSPS) is 25.5. The van der Waals surface area contributed by atoms with Crippen LogP contribution in [-0.4, -0.2) is 36.0 Å². The zero-order valence-electron chi connectivity index (χ0n) is 15.4. The Morgan fingerprint density at radius 2 is 1.96 bits per heavy atom. The van der Waals surface area contributed by atoms with Gasteiger partial charge in [0, 0.05) is 12.1 Å². The lowest BCUT2D eigenvalue weighted by atomic mass is 9.74. The highest BCUT2D eigenvalue weighted by atomic mass is 16.1. The second-order valence-corrected chi connectivity index (χ2v) is 7.20. The smallest absolute Gasteiger partial charge is 0.225 e. The third-order valence-corrected chi connectivity index (χ3v) is 5.48. The predicted molar refractivity (Wildman–Crippen MR) is 99.7 cm³/mol. The quantitative estimate of drug-likeness (QED) is 0.807. The fraction of sp³-hybridized carbons (Fsp3) is 0.650. The fourth-order valence-electron chi connectivity index (χ4n) is 3.91. The van der Waals surface area contributed by atoms with Crippen molar-refractivity contribution in [3.8, 4) is 0 Å². The van der Waals surface area contributed by atoms with E-state index in [1.54, 1.807) is 0 Å². The van der Waals surface area contributed by atoms with Gasteiger partial charge in [0.05, 0.1) is 12.0 Å². The third kappa shape index (κ3) is 4.58. The summed E-state index contributed by atoms with van der Waals surface area (Å²) in [6.07, 6.45) is 4.06. The molecule has 1 aliphatic rings. The van der Waals surface area contributed by atoms with Gasteiger partial charge in [-0.25, -0.2) is 0 Å². The van der Waals surface area contributed by atoms with E-state index in [1.807, 2.05) is 13.0 Å². The van der Waals surface area contributed by atoms with Crippen LogP contribution in [0.5, 0.6) is 0 Å². The maximum absolute atomic E-state index is 12.7. The average molecular weight is 332 g/mol. The Bertz CT molecular complexity index is 511. The van der Waals surface area contributed by atoms with E-state index in [4.69, 9.17) is 5.73 Å². The molecule has 1 aliphatic carbocycles. The second-order valence-electron chi connectivity index (χ2n) is 7.20. The number of hydrogen-bond acceptors (Lipinski definition) is 3. The topological polar surface area (TPSA) is 58.4 Å². The monoisotopic (exact) mass is 331 g/mol. The lowest BCUT2D eigenvalue weighted by Crippen LogP contribution is -2.53. The molecule has 1 aromatic rings. The SMILES string of the molecule is CCN(CC)C(CNC(=O)C1CCCCC1(C)N)c1ccccc1. The van der Waals surface area contributed by atoms with E-state index in [1.165, 1.54) is 5.56 Å². The molecular weight excluding hydrogens is 298 g/mol. The predicted octanol–water partition coefficient (Wildman–Crippen LogP) is 3.09. The van der Waals surface area contributed by atoms with Crippen LogP contribution in [0.2, 0.25) is 0 Å². The summed E-state index contributed by atoms with van der Waals surface area (Å²) >= 11 is 0. The highest BCUT2D eigenvalue weighted by Gasteiger charge is 2.37. The number of carbonyl (C=O) groups excluding carboxylic acids is 1. The number of nitrogens with two attached hydrogens (primary N) is 1. The molecule has 0 aliphatic heterocycles. The van der Waals surface area contributed by atoms with Crippen LogP contribution in [0.1, 0.15) is 58.1 Å². The summed E-state index contributed by atoms with van der Waals surface area (Å²) in [4.78, 5) is 15.1. The number of rotatable bonds is 7. The summed E-state index contributed by atoms with van der Waals surface area (Å²) < 4.78 is 0. The van der Waals surface area contributed by atoms with Gasteiger partial charge in [0.25, 0.3) is 0 Å². The van der Waals surface area contributed by atoms with Gasteiger partial charge in [0.2, 0.25) is 5.91 Å². The molecule has 0 aromatic heterocycles. The minimum Gasteiger partial charge on any atom is -0.354 e. The Kier molecular flexibility index (Phi) is 6.81. The largest absolute Gasteiger partial charge is 0.354 e. The summed E-state index contributed by atoms with van der Waals surface area (Å²) in [6.45, 7) is 8.92. The van der Waals surface area contributed by atoms with Crippen molar-refractivity contribution in [3.63, 3.8) is 0 Å². The molecule has 2 rings (SSSR count). The van der Waals surface area contributed by atoms with Crippen LogP contribution >= 0.6 is 0 Å². The number of hydrogen-bond donors (Lipinski definition) is 2. The van der Waals surface area contributed by atoms with E-state index >= 15 is 0 Å². The van der Waals surface area contributed by atoms with Gasteiger partial charge in [-0.2, -0.15) is 0 Å². The molecule has 3 N–H and O–H groups in total. The third-order valence-electron chi connectivity index (χ3n) is 5.48. The fourth-order valence-corrected chi connectivity index (χ4v) is 3.91. The second kappa shape index (κ2) is 8.63. The van der Waals surface area contributed by atoms with Crippen LogP contribution in [0.15, 0.2) is 30.3 Å². The van der Waals surface area contributed by atoms with Crippen molar-refractivity contribution in [2.24, 2.45) is 11.7 Å². The molecule has 134 valence electrons. The summed E-state index contributed by atoms with van der Waals surface area (Å²) in [7, 11) is 0. The van der Waals surface area contributed by atoms with Gasteiger partial charge in [0.15, 0.2) is 0 Å². The van der Waals surface area contributed by atoms with E-state index < -0.39 is 0 Å². The summed E-state index contributed by atoms with van der Waals surface area (Å²) in [5.41, 5.74) is 7.26. The molecular formula is C20H33N3O. The van der Waals surface area contributed by atoms with Gasteiger partial charge < -0.3 is 11.1 Å². The Hall–Kier alpha value is -1.39. The van der Waals surface area contributed by atoms with Gasteiger partial charge in [-0.1, -0.05) is 57.0 Å². The van der Waals surface area contributed by atoms with Crippen LogP contribution in [0.4, 0.5) is 0 Å².